The molecule has 3 rings (SSSR count). The van der Waals surface area contributed by atoms with E-state index in [9.17, 15) is 14.9 Å². The zero-order chi connectivity index (χ0) is 22.4. The van der Waals surface area contributed by atoms with Gasteiger partial charge in [0.15, 0.2) is 5.57 Å². The molecule has 8 heteroatoms. The molecule has 1 heterocycles. The number of para-hydroxylation sites is 2. The smallest absolute Gasteiger partial charge is 0.269 e. The summed E-state index contributed by atoms with van der Waals surface area (Å²) < 4.78 is 8.69. The number of rotatable bonds is 6. The molecule has 0 saturated heterocycles. The van der Waals surface area contributed by atoms with Crippen molar-refractivity contribution in [2.75, 3.05) is 11.9 Å². The van der Waals surface area contributed by atoms with Crippen molar-refractivity contribution >= 4 is 50.5 Å². The Morgan fingerprint density at radius 2 is 1.94 bits per heavy atom. The quantitative estimate of drug-likeness (QED) is 0.566. The lowest BCUT2D eigenvalue weighted by Gasteiger charge is -2.10. The van der Waals surface area contributed by atoms with Crippen LogP contribution >= 0.6 is 27.3 Å². The van der Waals surface area contributed by atoms with Gasteiger partial charge in [0.2, 0.25) is 0 Å². The minimum Gasteiger partial charge on any atom is -0.492 e. The summed E-state index contributed by atoms with van der Waals surface area (Å²) in [7, 11) is 0. The minimum absolute atomic E-state index is 0.120. The molecule has 0 saturated carbocycles. The van der Waals surface area contributed by atoms with E-state index in [1.165, 1.54) is 4.57 Å². The van der Waals surface area contributed by atoms with Crippen molar-refractivity contribution in [2.24, 2.45) is 0 Å². The van der Waals surface area contributed by atoms with E-state index in [1.54, 1.807) is 37.3 Å². The summed E-state index contributed by atoms with van der Waals surface area (Å²) in [4.78, 5) is 25.8. The van der Waals surface area contributed by atoms with E-state index < -0.39 is 5.91 Å². The molecule has 1 N–H and O–H groups in total. The maximum absolute atomic E-state index is 12.9. The highest BCUT2D eigenvalue weighted by Gasteiger charge is 2.17. The fraction of sp³-hybridized carbons (Fsp3) is 0.174. The summed E-state index contributed by atoms with van der Waals surface area (Å²) in [5, 5.41) is 12.5. The second-order valence-electron chi connectivity index (χ2n) is 6.39. The van der Waals surface area contributed by atoms with Crippen LogP contribution in [0.2, 0.25) is 0 Å². The number of carbonyl (C=O) groups is 1. The molecule has 0 aliphatic heterocycles. The van der Waals surface area contributed by atoms with E-state index in [0.717, 1.165) is 21.4 Å². The molecule has 0 fully saturated rings. The van der Waals surface area contributed by atoms with Gasteiger partial charge in [-0.25, -0.2) is 0 Å². The first-order valence-electron chi connectivity index (χ1n) is 9.63. The fourth-order valence-electron chi connectivity index (χ4n) is 2.93. The topological polar surface area (TPSA) is 84.1 Å². The van der Waals surface area contributed by atoms with Gasteiger partial charge in [-0.1, -0.05) is 40.2 Å². The van der Waals surface area contributed by atoms with Gasteiger partial charge in [0.05, 0.1) is 16.8 Å². The minimum atomic E-state index is -0.590. The fourth-order valence-corrected chi connectivity index (χ4v) is 4.36. The Morgan fingerprint density at radius 1 is 1.23 bits per heavy atom. The van der Waals surface area contributed by atoms with Gasteiger partial charge in [0, 0.05) is 11.0 Å². The van der Waals surface area contributed by atoms with Crippen LogP contribution in [0.15, 0.2) is 57.8 Å². The van der Waals surface area contributed by atoms with Crippen LogP contribution in [0.3, 0.4) is 0 Å². The van der Waals surface area contributed by atoms with Crippen molar-refractivity contribution in [1.29, 1.82) is 5.26 Å². The van der Waals surface area contributed by atoms with Crippen LogP contribution in [0.1, 0.15) is 19.4 Å². The zero-order valence-electron chi connectivity index (χ0n) is 17.0. The van der Waals surface area contributed by atoms with Gasteiger partial charge in [0.1, 0.15) is 16.5 Å². The molecule has 31 heavy (non-hydrogen) atoms. The number of hydrogen-bond donors (Lipinski definition) is 1. The van der Waals surface area contributed by atoms with Crippen LogP contribution in [0.25, 0.3) is 11.6 Å². The molecule has 0 radical (unpaired) electrons. The van der Waals surface area contributed by atoms with Gasteiger partial charge in [-0.15, -0.1) is 11.3 Å². The normalized spacial score (nSPS) is 12.3. The SMILES string of the molecule is CCOc1ccccc1NC(=O)/C(C#N)=c1\s/c(=C\c2ccc(Br)cc2)c(=O)n1CC. The Hall–Kier alpha value is -3.15. The molecule has 3 aromatic rings. The zero-order valence-corrected chi connectivity index (χ0v) is 19.4. The van der Waals surface area contributed by atoms with Gasteiger partial charge in [-0.05, 0) is 49.8 Å². The number of aromatic nitrogens is 1. The van der Waals surface area contributed by atoms with Crippen LogP contribution in [0, 0.1) is 11.3 Å². The summed E-state index contributed by atoms with van der Waals surface area (Å²) in [6, 6.07) is 16.5. The van der Waals surface area contributed by atoms with Gasteiger partial charge in [-0.3, -0.25) is 14.2 Å². The second-order valence-corrected chi connectivity index (χ2v) is 8.33. The Labute approximate surface area is 191 Å². The average molecular weight is 498 g/mol. The number of nitrogens with one attached hydrogen (secondary N) is 1. The lowest BCUT2D eigenvalue weighted by molar-refractivity contribution is -0.111. The number of amides is 1. The predicted octanol–water partition coefficient (Wildman–Crippen LogP) is 3.23. The first-order chi connectivity index (χ1) is 15.0. The third kappa shape index (κ3) is 5.13. The van der Waals surface area contributed by atoms with Crippen LogP contribution < -0.4 is 24.8 Å². The van der Waals surface area contributed by atoms with Crippen molar-refractivity contribution in [3.05, 3.63) is 78.1 Å². The first-order valence-corrected chi connectivity index (χ1v) is 11.2. The van der Waals surface area contributed by atoms with Crippen molar-refractivity contribution in [2.45, 2.75) is 20.4 Å². The molecule has 1 amide bonds. The molecule has 0 spiro atoms. The third-order valence-corrected chi connectivity index (χ3v) is 6.04. The number of hydrogen-bond acceptors (Lipinski definition) is 5. The van der Waals surface area contributed by atoms with E-state index in [0.29, 0.717) is 33.8 Å². The molecule has 158 valence electrons. The third-order valence-electron chi connectivity index (χ3n) is 4.38. The molecule has 2 aromatic carbocycles. The van der Waals surface area contributed by atoms with E-state index in [1.807, 2.05) is 37.3 Å². The van der Waals surface area contributed by atoms with Gasteiger partial charge >= 0.3 is 0 Å². The standard InChI is InChI=1S/C23H20BrN3O3S/c1-3-27-22(29)20(13-15-9-11-16(24)12-10-15)31-23(27)17(14-25)21(28)26-18-7-5-6-8-19(18)30-4-2/h5-13H,3-4H2,1-2H3,(H,26,28)/b20-13-,23-17-. The number of benzene rings is 2. The largest absolute Gasteiger partial charge is 0.492 e. The number of thiazole rings is 1. The lowest BCUT2D eigenvalue weighted by Crippen LogP contribution is -2.33. The van der Waals surface area contributed by atoms with Crippen molar-refractivity contribution < 1.29 is 9.53 Å². The molecule has 6 nitrogen and oxygen atoms in total. The number of nitrogens with zero attached hydrogens (tertiary/aromatic N) is 2. The van der Waals surface area contributed by atoms with Crippen molar-refractivity contribution in [3.63, 3.8) is 0 Å². The highest BCUT2D eigenvalue weighted by Crippen LogP contribution is 2.24. The maximum Gasteiger partial charge on any atom is 0.269 e. The molecule has 0 atom stereocenters. The second kappa shape index (κ2) is 10.2. The summed E-state index contributed by atoms with van der Waals surface area (Å²) in [6.07, 6.45) is 1.76. The van der Waals surface area contributed by atoms with E-state index in [2.05, 4.69) is 21.2 Å². The van der Waals surface area contributed by atoms with Crippen LogP contribution in [-0.4, -0.2) is 17.1 Å². The molecule has 0 bridgehead atoms. The number of nitriles is 1. The maximum atomic E-state index is 12.9. The van der Waals surface area contributed by atoms with Crippen molar-refractivity contribution in [1.82, 2.24) is 4.57 Å². The van der Waals surface area contributed by atoms with Gasteiger partial charge < -0.3 is 10.1 Å². The Bertz CT molecular complexity index is 1320. The first kappa shape index (κ1) is 22.5. The van der Waals surface area contributed by atoms with Gasteiger partial charge in [-0.2, -0.15) is 5.26 Å². The number of halogens is 1. The Balaban J connectivity index is 2.11. The van der Waals surface area contributed by atoms with E-state index in [4.69, 9.17) is 4.74 Å². The Kier molecular flexibility index (Phi) is 7.45. The Morgan fingerprint density at radius 3 is 2.58 bits per heavy atom. The van der Waals surface area contributed by atoms with Crippen molar-refractivity contribution in [3.8, 4) is 11.8 Å². The molecular formula is C23H20BrN3O3S. The number of carbonyl (C=O) groups excluding carboxylic acids is 1. The monoisotopic (exact) mass is 497 g/mol. The molecular weight excluding hydrogens is 478 g/mol. The summed E-state index contributed by atoms with van der Waals surface area (Å²) in [5.74, 6) is -0.0766. The molecule has 0 unspecified atom stereocenters. The predicted molar refractivity (Wildman–Crippen MR) is 126 cm³/mol. The molecule has 0 aliphatic carbocycles. The molecule has 1 aromatic heterocycles. The van der Waals surface area contributed by atoms with Gasteiger partial charge in [0.25, 0.3) is 11.5 Å². The lowest BCUT2D eigenvalue weighted by atomic mass is 10.2. The highest BCUT2D eigenvalue weighted by molar-refractivity contribution is 9.10. The van der Waals surface area contributed by atoms with Crippen LogP contribution in [-0.2, 0) is 11.3 Å². The van der Waals surface area contributed by atoms with E-state index in [-0.39, 0.29) is 11.1 Å². The average Bonchev–Trinajstić information content (AvgIpc) is 3.06. The van der Waals surface area contributed by atoms with E-state index >= 15 is 0 Å². The summed E-state index contributed by atoms with van der Waals surface area (Å²) in [5.41, 5.74) is 0.960. The molecule has 0 aliphatic rings. The summed E-state index contributed by atoms with van der Waals surface area (Å²) in [6.45, 7) is 4.43. The summed E-state index contributed by atoms with van der Waals surface area (Å²) >= 11 is 4.52. The number of ether oxygens (including phenoxy) is 1. The van der Waals surface area contributed by atoms with Crippen LogP contribution in [0.5, 0.6) is 5.75 Å². The van der Waals surface area contributed by atoms with Crippen LogP contribution in [0.4, 0.5) is 5.69 Å². The number of anilines is 1. The highest BCUT2D eigenvalue weighted by atomic mass is 79.9.